The number of ether oxygens (including phenoxy) is 1. The molecule has 3 rings (SSSR count). The standard InChI is InChI=1S/C17H22N2O4/c20-14(16-11-12-3-1-2-4-15(12)23-16)5-8-18-17(21)19-13-6-9-22-10-7-13/h1-4,11,13-14,20H,5-10H2,(H2,18,19,21)/t14-/m1/s1. The zero-order valence-corrected chi connectivity index (χ0v) is 13.0. The van der Waals surface area contributed by atoms with E-state index in [1.54, 1.807) is 0 Å². The van der Waals surface area contributed by atoms with Crippen LogP contribution in [0.3, 0.4) is 0 Å². The number of urea groups is 1. The van der Waals surface area contributed by atoms with Crippen LogP contribution in [0.4, 0.5) is 4.79 Å². The number of nitrogens with one attached hydrogen (secondary N) is 2. The van der Waals surface area contributed by atoms with E-state index in [-0.39, 0.29) is 12.1 Å². The first-order chi connectivity index (χ1) is 11.2. The van der Waals surface area contributed by atoms with Crippen molar-refractivity contribution in [2.45, 2.75) is 31.4 Å². The van der Waals surface area contributed by atoms with Crippen molar-refractivity contribution in [3.63, 3.8) is 0 Å². The van der Waals surface area contributed by atoms with E-state index >= 15 is 0 Å². The van der Waals surface area contributed by atoms with E-state index in [0.29, 0.717) is 31.9 Å². The van der Waals surface area contributed by atoms with Gasteiger partial charge in [-0.25, -0.2) is 4.79 Å². The lowest BCUT2D eigenvalue weighted by molar-refractivity contribution is 0.0800. The summed E-state index contributed by atoms with van der Waals surface area (Å²) in [4.78, 5) is 11.8. The lowest BCUT2D eigenvalue weighted by atomic mass is 10.1. The summed E-state index contributed by atoms with van der Waals surface area (Å²) < 4.78 is 10.9. The Hall–Kier alpha value is -2.05. The van der Waals surface area contributed by atoms with Crippen LogP contribution < -0.4 is 10.6 Å². The van der Waals surface area contributed by atoms with E-state index < -0.39 is 6.10 Å². The van der Waals surface area contributed by atoms with Crippen LogP contribution in [0.5, 0.6) is 0 Å². The molecule has 0 aliphatic carbocycles. The average Bonchev–Trinajstić information content (AvgIpc) is 3.00. The smallest absolute Gasteiger partial charge is 0.315 e. The second kappa shape index (κ2) is 7.48. The molecule has 3 N–H and O–H groups in total. The fourth-order valence-corrected chi connectivity index (χ4v) is 2.71. The Labute approximate surface area is 134 Å². The number of para-hydroxylation sites is 1. The number of furan rings is 1. The monoisotopic (exact) mass is 318 g/mol. The molecule has 124 valence electrons. The predicted molar refractivity (Wildman–Crippen MR) is 86.2 cm³/mol. The van der Waals surface area contributed by atoms with Crippen molar-refractivity contribution in [1.82, 2.24) is 10.6 Å². The van der Waals surface area contributed by atoms with E-state index in [0.717, 1.165) is 23.8 Å². The topological polar surface area (TPSA) is 83.7 Å². The first kappa shape index (κ1) is 15.8. The van der Waals surface area contributed by atoms with E-state index in [4.69, 9.17) is 9.15 Å². The maximum absolute atomic E-state index is 11.8. The van der Waals surface area contributed by atoms with E-state index in [1.165, 1.54) is 0 Å². The highest BCUT2D eigenvalue weighted by molar-refractivity contribution is 5.77. The zero-order valence-electron chi connectivity index (χ0n) is 13.0. The highest BCUT2D eigenvalue weighted by Crippen LogP contribution is 2.25. The van der Waals surface area contributed by atoms with Crippen molar-refractivity contribution in [3.05, 3.63) is 36.1 Å². The summed E-state index contributed by atoms with van der Waals surface area (Å²) in [5, 5.41) is 16.8. The molecule has 1 aromatic carbocycles. The molecule has 6 nitrogen and oxygen atoms in total. The lowest BCUT2D eigenvalue weighted by Gasteiger charge is -2.23. The van der Waals surface area contributed by atoms with Crippen LogP contribution in [0, 0.1) is 0 Å². The molecular formula is C17H22N2O4. The third-order valence-corrected chi connectivity index (χ3v) is 4.03. The quantitative estimate of drug-likeness (QED) is 0.790. The molecular weight excluding hydrogens is 296 g/mol. The number of hydrogen-bond acceptors (Lipinski definition) is 4. The van der Waals surface area contributed by atoms with Crippen LogP contribution in [-0.4, -0.2) is 36.9 Å². The largest absolute Gasteiger partial charge is 0.458 e. The van der Waals surface area contributed by atoms with Gasteiger partial charge in [0.2, 0.25) is 0 Å². The van der Waals surface area contributed by atoms with Crippen LogP contribution in [0.2, 0.25) is 0 Å². The summed E-state index contributed by atoms with van der Waals surface area (Å²) in [6, 6.07) is 9.43. The number of carbonyl (C=O) groups is 1. The molecule has 1 atom stereocenters. The van der Waals surface area contributed by atoms with Gasteiger partial charge < -0.3 is 24.9 Å². The van der Waals surface area contributed by atoms with Gasteiger partial charge in [-0.2, -0.15) is 0 Å². The Morgan fingerprint density at radius 2 is 2.09 bits per heavy atom. The van der Waals surface area contributed by atoms with Crippen molar-refractivity contribution in [3.8, 4) is 0 Å². The van der Waals surface area contributed by atoms with Gasteiger partial charge in [0, 0.05) is 31.2 Å². The Balaban J connectivity index is 1.43. The lowest BCUT2D eigenvalue weighted by Crippen LogP contribution is -2.44. The number of amides is 2. The number of hydrogen-bond donors (Lipinski definition) is 3. The van der Waals surface area contributed by atoms with Crippen molar-refractivity contribution in [2.75, 3.05) is 19.8 Å². The van der Waals surface area contributed by atoms with Crippen LogP contribution in [-0.2, 0) is 4.74 Å². The summed E-state index contributed by atoms with van der Waals surface area (Å²) in [6.07, 6.45) is 1.36. The average molecular weight is 318 g/mol. The molecule has 0 spiro atoms. The maximum atomic E-state index is 11.8. The van der Waals surface area contributed by atoms with E-state index in [2.05, 4.69) is 10.6 Å². The summed E-state index contributed by atoms with van der Waals surface area (Å²) in [7, 11) is 0. The number of aliphatic hydroxyl groups excluding tert-OH is 1. The molecule has 2 amide bonds. The summed E-state index contributed by atoms with van der Waals surface area (Å²) in [5.41, 5.74) is 0.756. The Bertz CT molecular complexity index is 616. The fraction of sp³-hybridized carbons (Fsp3) is 0.471. The van der Waals surface area contributed by atoms with Gasteiger partial charge in [0.25, 0.3) is 0 Å². The van der Waals surface area contributed by atoms with E-state index in [9.17, 15) is 9.90 Å². The number of rotatable bonds is 5. The van der Waals surface area contributed by atoms with Crippen molar-refractivity contribution in [1.29, 1.82) is 0 Å². The second-order valence-electron chi connectivity index (χ2n) is 5.78. The molecule has 2 heterocycles. The second-order valence-corrected chi connectivity index (χ2v) is 5.78. The minimum Gasteiger partial charge on any atom is -0.458 e. The van der Waals surface area contributed by atoms with Crippen molar-refractivity contribution >= 4 is 17.0 Å². The number of benzene rings is 1. The summed E-state index contributed by atoms with van der Waals surface area (Å²) >= 11 is 0. The first-order valence-electron chi connectivity index (χ1n) is 8.01. The van der Waals surface area contributed by atoms with Gasteiger partial charge in [-0.05, 0) is 31.4 Å². The molecule has 23 heavy (non-hydrogen) atoms. The zero-order chi connectivity index (χ0) is 16.1. The van der Waals surface area contributed by atoms with Gasteiger partial charge in [0.1, 0.15) is 17.4 Å². The minimum atomic E-state index is -0.731. The molecule has 0 unspecified atom stereocenters. The minimum absolute atomic E-state index is 0.170. The SMILES string of the molecule is O=C(NCC[C@@H](O)c1cc2ccccc2o1)NC1CCOCC1. The van der Waals surface area contributed by atoms with Crippen LogP contribution in [0.25, 0.3) is 11.0 Å². The molecule has 1 aliphatic heterocycles. The molecule has 0 bridgehead atoms. The van der Waals surface area contributed by atoms with Crippen LogP contribution >= 0.6 is 0 Å². The van der Waals surface area contributed by atoms with Gasteiger partial charge in [-0.3, -0.25) is 0 Å². The molecule has 6 heteroatoms. The van der Waals surface area contributed by atoms with E-state index in [1.807, 2.05) is 30.3 Å². The molecule has 1 aliphatic rings. The predicted octanol–water partition coefficient (Wildman–Crippen LogP) is 2.33. The molecule has 2 aromatic rings. The summed E-state index contributed by atoms with van der Waals surface area (Å²) in [6.45, 7) is 1.76. The number of carbonyl (C=O) groups excluding carboxylic acids is 1. The van der Waals surface area contributed by atoms with Gasteiger partial charge in [-0.1, -0.05) is 18.2 Å². The highest BCUT2D eigenvalue weighted by Gasteiger charge is 2.17. The third kappa shape index (κ3) is 4.24. The number of fused-ring (bicyclic) bond motifs is 1. The normalized spacial score (nSPS) is 17.1. The Morgan fingerprint density at radius 1 is 1.30 bits per heavy atom. The third-order valence-electron chi connectivity index (χ3n) is 4.03. The van der Waals surface area contributed by atoms with Crippen LogP contribution in [0.15, 0.2) is 34.7 Å². The number of aliphatic hydroxyl groups is 1. The maximum Gasteiger partial charge on any atom is 0.315 e. The highest BCUT2D eigenvalue weighted by atomic mass is 16.5. The Kier molecular flexibility index (Phi) is 5.15. The Morgan fingerprint density at radius 3 is 2.87 bits per heavy atom. The first-order valence-corrected chi connectivity index (χ1v) is 8.01. The summed E-state index contributed by atoms with van der Waals surface area (Å²) in [5.74, 6) is 0.526. The molecule has 0 saturated carbocycles. The van der Waals surface area contributed by atoms with Gasteiger partial charge in [0.05, 0.1) is 0 Å². The van der Waals surface area contributed by atoms with Gasteiger partial charge in [0.15, 0.2) is 0 Å². The van der Waals surface area contributed by atoms with Gasteiger partial charge >= 0.3 is 6.03 Å². The fourth-order valence-electron chi connectivity index (χ4n) is 2.71. The van der Waals surface area contributed by atoms with Crippen LogP contribution in [0.1, 0.15) is 31.1 Å². The van der Waals surface area contributed by atoms with Gasteiger partial charge in [-0.15, -0.1) is 0 Å². The van der Waals surface area contributed by atoms with Crippen molar-refractivity contribution < 1.29 is 19.1 Å². The van der Waals surface area contributed by atoms with Crippen molar-refractivity contribution in [2.24, 2.45) is 0 Å². The molecule has 0 radical (unpaired) electrons. The molecule has 1 fully saturated rings. The molecule has 1 aromatic heterocycles. The molecule has 1 saturated heterocycles.